The van der Waals surface area contributed by atoms with Crippen LogP contribution in [0.4, 0.5) is 11.4 Å². The summed E-state index contributed by atoms with van der Waals surface area (Å²) in [5.74, 6) is 1.03. The number of ether oxygens (including phenoxy) is 2. The van der Waals surface area contributed by atoms with Crippen LogP contribution in [-0.2, 0) is 6.54 Å². The first-order chi connectivity index (χ1) is 10.1. The molecular weight excluding hydrogens is 276 g/mol. The van der Waals surface area contributed by atoms with Gasteiger partial charge in [0.2, 0.25) is 6.79 Å². The van der Waals surface area contributed by atoms with Crippen molar-refractivity contribution in [2.24, 2.45) is 0 Å². The smallest absolute Gasteiger partial charge is 0.296 e. The molecule has 7 nitrogen and oxygen atoms in total. The van der Waals surface area contributed by atoms with Crippen molar-refractivity contribution in [2.45, 2.75) is 6.54 Å². The van der Waals surface area contributed by atoms with Gasteiger partial charge in [0, 0.05) is 12.6 Å². The highest BCUT2D eigenvalue weighted by atomic mass is 16.7. The number of hydrogen-bond acceptors (Lipinski definition) is 6. The van der Waals surface area contributed by atoms with E-state index >= 15 is 0 Å². The third-order valence-corrected chi connectivity index (χ3v) is 3.11. The van der Waals surface area contributed by atoms with E-state index in [1.807, 2.05) is 0 Å². The van der Waals surface area contributed by atoms with Gasteiger partial charge in [0.15, 0.2) is 11.5 Å². The summed E-state index contributed by atoms with van der Waals surface area (Å²) >= 11 is 0. The average Bonchev–Trinajstić information content (AvgIpc) is 2.92. The topological polar surface area (TPSA) is 93.9 Å². The lowest BCUT2D eigenvalue weighted by molar-refractivity contribution is -0.384. The predicted octanol–water partition coefficient (Wildman–Crippen LogP) is 2.64. The number of phenols is 1. The van der Waals surface area contributed by atoms with Crippen LogP contribution in [0.5, 0.6) is 17.2 Å². The van der Waals surface area contributed by atoms with Crippen LogP contribution in [0, 0.1) is 10.1 Å². The van der Waals surface area contributed by atoms with Gasteiger partial charge in [0.25, 0.3) is 5.69 Å². The molecule has 0 spiro atoms. The molecule has 0 aliphatic carbocycles. The van der Waals surface area contributed by atoms with Crippen molar-refractivity contribution in [2.75, 3.05) is 12.1 Å². The zero-order valence-electron chi connectivity index (χ0n) is 10.9. The minimum atomic E-state index is -0.471. The Labute approximate surface area is 119 Å². The molecule has 1 aliphatic heterocycles. The van der Waals surface area contributed by atoms with Crippen molar-refractivity contribution in [3.8, 4) is 17.2 Å². The minimum absolute atomic E-state index is 0.0634. The van der Waals surface area contributed by atoms with Crippen molar-refractivity contribution >= 4 is 11.4 Å². The number of nitro benzene ring substituents is 1. The molecule has 108 valence electrons. The fourth-order valence-corrected chi connectivity index (χ4v) is 2.03. The molecule has 7 heteroatoms. The van der Waals surface area contributed by atoms with Gasteiger partial charge < -0.3 is 19.9 Å². The van der Waals surface area contributed by atoms with E-state index in [1.54, 1.807) is 30.3 Å². The molecule has 0 unspecified atom stereocenters. The molecule has 0 amide bonds. The number of rotatable bonds is 4. The lowest BCUT2D eigenvalue weighted by Crippen LogP contribution is -2.02. The normalized spacial score (nSPS) is 12.2. The predicted molar refractivity (Wildman–Crippen MR) is 74.7 cm³/mol. The first-order valence-corrected chi connectivity index (χ1v) is 6.23. The van der Waals surface area contributed by atoms with Crippen molar-refractivity contribution in [3.05, 3.63) is 52.1 Å². The Morgan fingerprint density at radius 3 is 2.52 bits per heavy atom. The van der Waals surface area contributed by atoms with Gasteiger partial charge in [-0.05, 0) is 17.7 Å². The van der Waals surface area contributed by atoms with Crippen LogP contribution in [0.2, 0.25) is 0 Å². The van der Waals surface area contributed by atoms with Crippen molar-refractivity contribution in [1.82, 2.24) is 0 Å². The van der Waals surface area contributed by atoms with Crippen LogP contribution in [0.25, 0.3) is 0 Å². The maximum absolute atomic E-state index is 11.1. The molecule has 0 fully saturated rings. The van der Waals surface area contributed by atoms with E-state index in [0.29, 0.717) is 23.7 Å². The first kappa shape index (κ1) is 13.0. The number of aromatic hydroxyl groups is 1. The SMILES string of the molecule is O=[N+]([O-])c1cc2c(cc1NCc1ccc(O)cc1)OCO2. The van der Waals surface area contributed by atoms with E-state index < -0.39 is 4.92 Å². The van der Waals surface area contributed by atoms with Gasteiger partial charge in [-0.2, -0.15) is 0 Å². The Kier molecular flexibility index (Phi) is 3.23. The summed E-state index contributed by atoms with van der Waals surface area (Å²) in [7, 11) is 0. The van der Waals surface area contributed by atoms with Crippen LogP contribution in [0.3, 0.4) is 0 Å². The van der Waals surface area contributed by atoms with E-state index in [2.05, 4.69) is 5.32 Å². The van der Waals surface area contributed by atoms with Gasteiger partial charge in [-0.1, -0.05) is 12.1 Å². The average molecular weight is 288 g/mol. The molecule has 0 bridgehead atoms. The number of nitro groups is 1. The summed E-state index contributed by atoms with van der Waals surface area (Å²) in [6, 6.07) is 9.50. The Morgan fingerprint density at radius 1 is 1.19 bits per heavy atom. The Bertz CT molecular complexity index is 685. The Hall–Kier alpha value is -2.96. The fourth-order valence-electron chi connectivity index (χ4n) is 2.03. The summed E-state index contributed by atoms with van der Waals surface area (Å²) in [6.45, 7) is 0.453. The number of hydrogen-bond donors (Lipinski definition) is 2. The maximum Gasteiger partial charge on any atom is 0.296 e. The monoisotopic (exact) mass is 288 g/mol. The molecule has 0 saturated carbocycles. The van der Waals surface area contributed by atoms with Crippen molar-refractivity contribution in [1.29, 1.82) is 0 Å². The second kappa shape index (κ2) is 5.20. The van der Waals surface area contributed by atoms with Gasteiger partial charge in [0.1, 0.15) is 11.4 Å². The van der Waals surface area contributed by atoms with Gasteiger partial charge in [0.05, 0.1) is 11.0 Å². The van der Waals surface area contributed by atoms with Crippen LogP contribution in [-0.4, -0.2) is 16.8 Å². The van der Waals surface area contributed by atoms with Crippen molar-refractivity contribution < 1.29 is 19.5 Å². The maximum atomic E-state index is 11.1. The largest absolute Gasteiger partial charge is 0.508 e. The number of benzene rings is 2. The van der Waals surface area contributed by atoms with Crippen LogP contribution >= 0.6 is 0 Å². The lowest BCUT2D eigenvalue weighted by Gasteiger charge is -2.08. The Balaban J connectivity index is 1.84. The second-order valence-corrected chi connectivity index (χ2v) is 4.50. The molecule has 21 heavy (non-hydrogen) atoms. The van der Waals surface area contributed by atoms with Gasteiger partial charge >= 0.3 is 0 Å². The van der Waals surface area contributed by atoms with Gasteiger partial charge in [-0.15, -0.1) is 0 Å². The van der Waals surface area contributed by atoms with E-state index in [4.69, 9.17) is 9.47 Å². The minimum Gasteiger partial charge on any atom is -0.508 e. The van der Waals surface area contributed by atoms with Crippen molar-refractivity contribution in [3.63, 3.8) is 0 Å². The standard InChI is InChI=1S/C14H12N2O5/c17-10-3-1-9(2-4-10)7-15-11-5-13-14(21-8-20-13)6-12(11)16(18)19/h1-6,15,17H,7-8H2. The van der Waals surface area contributed by atoms with E-state index in [9.17, 15) is 15.2 Å². The molecule has 1 heterocycles. The zero-order chi connectivity index (χ0) is 14.8. The van der Waals surface area contributed by atoms with Crippen LogP contribution in [0.1, 0.15) is 5.56 Å². The van der Waals surface area contributed by atoms with Crippen LogP contribution < -0.4 is 14.8 Å². The highest BCUT2D eigenvalue weighted by molar-refractivity contribution is 5.69. The number of anilines is 1. The second-order valence-electron chi connectivity index (χ2n) is 4.50. The molecule has 0 saturated heterocycles. The number of phenolic OH excluding ortho intramolecular Hbond substituents is 1. The molecule has 2 N–H and O–H groups in total. The third-order valence-electron chi connectivity index (χ3n) is 3.11. The molecule has 1 aliphatic rings. The summed E-state index contributed by atoms with van der Waals surface area (Å²) in [4.78, 5) is 10.6. The summed E-state index contributed by atoms with van der Waals surface area (Å²) in [5, 5.41) is 23.3. The lowest BCUT2D eigenvalue weighted by atomic mass is 10.2. The van der Waals surface area contributed by atoms with Gasteiger partial charge in [-0.3, -0.25) is 10.1 Å². The molecule has 2 aromatic carbocycles. The summed E-state index contributed by atoms with van der Waals surface area (Å²) in [6.07, 6.45) is 0. The highest BCUT2D eigenvalue weighted by Crippen LogP contribution is 2.40. The molecule has 0 aromatic heterocycles. The zero-order valence-corrected chi connectivity index (χ0v) is 10.9. The molecular formula is C14H12N2O5. The fraction of sp³-hybridized carbons (Fsp3) is 0.143. The first-order valence-electron chi connectivity index (χ1n) is 6.23. The van der Waals surface area contributed by atoms with E-state index in [0.717, 1.165) is 5.56 Å². The number of nitrogens with zero attached hydrogens (tertiary/aromatic N) is 1. The molecule has 0 radical (unpaired) electrons. The summed E-state index contributed by atoms with van der Waals surface area (Å²) < 4.78 is 10.4. The third kappa shape index (κ3) is 2.66. The van der Waals surface area contributed by atoms with Crippen LogP contribution in [0.15, 0.2) is 36.4 Å². The Morgan fingerprint density at radius 2 is 1.86 bits per heavy atom. The quantitative estimate of drug-likeness (QED) is 0.663. The van der Waals surface area contributed by atoms with Gasteiger partial charge in [-0.25, -0.2) is 0 Å². The molecule has 3 rings (SSSR count). The number of fused-ring (bicyclic) bond motifs is 1. The summed E-state index contributed by atoms with van der Waals surface area (Å²) in [5.41, 5.74) is 1.18. The van der Waals surface area contributed by atoms with E-state index in [1.165, 1.54) is 6.07 Å². The van der Waals surface area contributed by atoms with E-state index in [-0.39, 0.29) is 18.2 Å². The molecule has 0 atom stereocenters. The number of nitrogens with one attached hydrogen (secondary N) is 1. The highest BCUT2D eigenvalue weighted by Gasteiger charge is 2.23. The molecule has 2 aromatic rings.